The molecule has 1 aromatic rings. The number of aliphatic hydroxyl groups excluding tert-OH is 2. The van der Waals surface area contributed by atoms with Gasteiger partial charge in [0.05, 0.1) is 12.5 Å². The van der Waals surface area contributed by atoms with Crippen LogP contribution in [0.15, 0.2) is 6.20 Å². The maximum absolute atomic E-state index is 12.4. The number of alkyl halides is 1. The van der Waals surface area contributed by atoms with E-state index >= 15 is 0 Å². The minimum absolute atomic E-state index is 0.0572. The molecule has 17 heavy (non-hydrogen) atoms. The van der Waals surface area contributed by atoms with Crippen molar-refractivity contribution in [2.24, 2.45) is 5.92 Å². The average molecular weight is 249 g/mol. The van der Waals surface area contributed by atoms with Crippen molar-refractivity contribution < 1.29 is 24.6 Å². The zero-order valence-corrected chi connectivity index (χ0v) is 8.73. The molecule has 96 valence electrons. The first-order chi connectivity index (χ1) is 7.99. The molecule has 0 amide bonds. The smallest absolute Gasteiger partial charge is 0.390 e. The number of aromatic nitrogens is 2. The summed E-state index contributed by atoms with van der Waals surface area (Å²) in [6, 6.07) is 0. The number of halogens is 1. The highest BCUT2D eigenvalue weighted by Crippen LogP contribution is 2.16. The van der Waals surface area contributed by atoms with Crippen LogP contribution in [0, 0.1) is 16.0 Å². The lowest BCUT2D eigenvalue weighted by Crippen LogP contribution is -2.26. The molecule has 0 aliphatic rings. The molecule has 1 rings (SSSR count). The van der Waals surface area contributed by atoms with Crippen molar-refractivity contribution in [1.29, 1.82) is 0 Å². The van der Waals surface area contributed by atoms with Gasteiger partial charge in [0.1, 0.15) is 19.5 Å². The molecular weight excluding hydrogens is 237 g/mol. The van der Waals surface area contributed by atoms with Gasteiger partial charge in [0.2, 0.25) is 0 Å². The number of aliphatic hydroxyl groups is 3. The average Bonchev–Trinajstić information content (AvgIpc) is 2.68. The molecule has 0 spiro atoms. The first-order valence-electron chi connectivity index (χ1n) is 4.73. The Hall–Kier alpha value is -1.58. The summed E-state index contributed by atoms with van der Waals surface area (Å²) >= 11 is 0. The van der Waals surface area contributed by atoms with Crippen molar-refractivity contribution in [3.63, 3.8) is 0 Å². The van der Waals surface area contributed by atoms with Gasteiger partial charge >= 0.3 is 5.95 Å². The Morgan fingerprint density at radius 3 is 2.65 bits per heavy atom. The summed E-state index contributed by atoms with van der Waals surface area (Å²) in [5, 5.41) is 37.1. The number of hydrogen-bond acceptors (Lipinski definition) is 6. The van der Waals surface area contributed by atoms with Crippen LogP contribution in [0.4, 0.5) is 10.3 Å². The third kappa shape index (κ3) is 3.19. The highest BCUT2D eigenvalue weighted by molar-refractivity contribution is 5.14. The number of rotatable bonds is 6. The fourth-order valence-corrected chi connectivity index (χ4v) is 1.29. The number of nitro groups is 1. The molecular formula is C8H12FN3O5. The van der Waals surface area contributed by atoms with Crippen LogP contribution in [0.1, 0.15) is 5.69 Å². The molecule has 0 saturated carbocycles. The standard InChI is InChI=1S/C8H12FN3O5/c9-1-5(7(14)15)2-11-3-6(4-13)10-8(11)12(16)17/h3,5,7,13-15H,1-2,4H2. The van der Waals surface area contributed by atoms with Crippen molar-refractivity contribution in [2.45, 2.75) is 19.4 Å². The van der Waals surface area contributed by atoms with Gasteiger partial charge in [-0.25, -0.2) is 4.57 Å². The Balaban J connectivity index is 2.95. The summed E-state index contributed by atoms with van der Waals surface area (Å²) in [6.45, 7) is -1.84. The van der Waals surface area contributed by atoms with E-state index in [1.54, 1.807) is 0 Å². The van der Waals surface area contributed by atoms with Gasteiger partial charge in [-0.2, -0.15) is 0 Å². The van der Waals surface area contributed by atoms with Crippen LogP contribution in [0.2, 0.25) is 0 Å². The molecule has 0 fully saturated rings. The lowest BCUT2D eigenvalue weighted by Gasteiger charge is -2.13. The van der Waals surface area contributed by atoms with Crippen molar-refractivity contribution in [3.05, 3.63) is 22.0 Å². The maximum Gasteiger partial charge on any atom is 0.434 e. The van der Waals surface area contributed by atoms with Crippen LogP contribution in [0.5, 0.6) is 0 Å². The molecule has 3 N–H and O–H groups in total. The minimum atomic E-state index is -1.92. The van der Waals surface area contributed by atoms with E-state index in [2.05, 4.69) is 4.98 Å². The summed E-state index contributed by atoms with van der Waals surface area (Å²) in [4.78, 5) is 13.3. The van der Waals surface area contributed by atoms with Crippen LogP contribution in [0.25, 0.3) is 0 Å². The van der Waals surface area contributed by atoms with E-state index in [0.29, 0.717) is 0 Å². The van der Waals surface area contributed by atoms with E-state index in [-0.39, 0.29) is 12.2 Å². The van der Waals surface area contributed by atoms with Gasteiger partial charge in [0, 0.05) is 0 Å². The summed E-state index contributed by atoms with van der Waals surface area (Å²) in [7, 11) is 0. The first kappa shape index (κ1) is 13.5. The van der Waals surface area contributed by atoms with Gasteiger partial charge in [-0.3, -0.25) is 4.39 Å². The van der Waals surface area contributed by atoms with Crippen LogP contribution in [-0.2, 0) is 13.2 Å². The van der Waals surface area contributed by atoms with Gasteiger partial charge < -0.3 is 25.4 Å². The molecule has 9 heteroatoms. The molecule has 1 aromatic heterocycles. The Morgan fingerprint density at radius 2 is 2.24 bits per heavy atom. The zero-order valence-electron chi connectivity index (χ0n) is 8.73. The van der Waals surface area contributed by atoms with Gasteiger partial charge in [-0.05, 0) is 4.92 Å². The SMILES string of the molecule is O=[N+]([O-])c1nc(CO)cn1CC(CF)C(O)O. The molecule has 0 aliphatic carbocycles. The van der Waals surface area contributed by atoms with Crippen LogP contribution in [0.3, 0.4) is 0 Å². The summed E-state index contributed by atoms with van der Waals surface area (Å²) in [6.07, 6.45) is -0.747. The van der Waals surface area contributed by atoms with Crippen molar-refractivity contribution in [3.8, 4) is 0 Å². The largest absolute Gasteiger partial charge is 0.434 e. The Kier molecular flexibility index (Phi) is 4.49. The quantitative estimate of drug-likeness (QED) is 0.344. The maximum atomic E-state index is 12.4. The van der Waals surface area contributed by atoms with Crippen LogP contribution < -0.4 is 0 Å². The lowest BCUT2D eigenvalue weighted by molar-refractivity contribution is -0.397. The van der Waals surface area contributed by atoms with Crippen molar-refractivity contribution in [2.75, 3.05) is 6.67 Å². The summed E-state index contributed by atoms with van der Waals surface area (Å²) in [5.74, 6) is -1.76. The summed E-state index contributed by atoms with van der Waals surface area (Å²) in [5.41, 5.74) is 0.0572. The third-order valence-electron chi connectivity index (χ3n) is 2.18. The Bertz CT molecular complexity index is 395. The van der Waals surface area contributed by atoms with E-state index in [0.717, 1.165) is 4.57 Å². The normalized spacial score (nSPS) is 13.0. The predicted octanol–water partition coefficient (Wildman–Crippen LogP) is -0.820. The number of nitrogens with zero attached hydrogens (tertiary/aromatic N) is 3. The molecule has 0 saturated heterocycles. The highest BCUT2D eigenvalue weighted by Gasteiger charge is 2.25. The number of imidazole rings is 1. The van der Waals surface area contributed by atoms with Crippen molar-refractivity contribution in [1.82, 2.24) is 9.55 Å². The fourth-order valence-electron chi connectivity index (χ4n) is 1.29. The van der Waals surface area contributed by atoms with Crippen molar-refractivity contribution >= 4 is 5.95 Å². The molecule has 0 aliphatic heterocycles. The molecule has 1 unspecified atom stereocenters. The Labute approximate surface area is 95.1 Å². The second-order valence-electron chi connectivity index (χ2n) is 3.43. The zero-order chi connectivity index (χ0) is 13.0. The number of hydrogen-bond donors (Lipinski definition) is 3. The van der Waals surface area contributed by atoms with E-state index in [1.807, 2.05) is 0 Å². The lowest BCUT2D eigenvalue weighted by atomic mass is 10.1. The molecule has 8 nitrogen and oxygen atoms in total. The van der Waals surface area contributed by atoms with Gasteiger partial charge in [-0.15, -0.1) is 0 Å². The Morgan fingerprint density at radius 1 is 1.59 bits per heavy atom. The first-order valence-corrected chi connectivity index (χ1v) is 4.73. The molecule has 0 radical (unpaired) electrons. The topological polar surface area (TPSA) is 122 Å². The van der Waals surface area contributed by atoms with Gasteiger partial charge in [0.25, 0.3) is 0 Å². The molecule has 0 aromatic carbocycles. The molecule has 1 atom stereocenters. The van der Waals surface area contributed by atoms with E-state index in [4.69, 9.17) is 15.3 Å². The van der Waals surface area contributed by atoms with E-state index in [9.17, 15) is 14.5 Å². The fraction of sp³-hybridized carbons (Fsp3) is 0.625. The second-order valence-corrected chi connectivity index (χ2v) is 3.43. The van der Waals surface area contributed by atoms with Crippen LogP contribution >= 0.6 is 0 Å². The van der Waals surface area contributed by atoms with E-state index < -0.39 is 36.4 Å². The third-order valence-corrected chi connectivity index (χ3v) is 2.18. The van der Waals surface area contributed by atoms with E-state index in [1.165, 1.54) is 6.20 Å². The highest BCUT2D eigenvalue weighted by atomic mass is 19.1. The monoisotopic (exact) mass is 249 g/mol. The molecule has 1 heterocycles. The summed E-state index contributed by atoms with van der Waals surface area (Å²) < 4.78 is 13.4. The van der Waals surface area contributed by atoms with Gasteiger partial charge in [-0.1, -0.05) is 4.98 Å². The molecule has 0 bridgehead atoms. The second kappa shape index (κ2) is 5.66. The van der Waals surface area contributed by atoms with Gasteiger partial charge in [0.15, 0.2) is 12.0 Å². The predicted molar refractivity (Wildman–Crippen MR) is 52.5 cm³/mol. The minimum Gasteiger partial charge on any atom is -0.390 e. The van der Waals surface area contributed by atoms with Crippen LogP contribution in [-0.4, -0.2) is 42.8 Å².